The number of phosphoric ester groups is 1. The standard InChI is InChI=1S/C8H19O6P/c1-3-4-12-5-6-13-7-8-14-15(9,10)11-2/h3-8H2,1-2H3,(H,9,10)/p-1. The minimum Gasteiger partial charge on any atom is -0.756 e. The van der Waals surface area contributed by atoms with Crippen LogP contribution in [0.2, 0.25) is 0 Å². The average molecular weight is 241 g/mol. The average Bonchev–Trinajstić information content (AvgIpc) is 2.22. The third kappa shape index (κ3) is 10.3. The maximum absolute atomic E-state index is 10.7. The van der Waals surface area contributed by atoms with Crippen molar-refractivity contribution in [3.8, 4) is 0 Å². The highest BCUT2D eigenvalue weighted by Gasteiger charge is 2.04. The van der Waals surface area contributed by atoms with Crippen molar-refractivity contribution in [3.63, 3.8) is 0 Å². The second-order valence-corrected chi connectivity index (χ2v) is 4.21. The molecule has 1 atom stereocenters. The van der Waals surface area contributed by atoms with Gasteiger partial charge < -0.3 is 23.4 Å². The van der Waals surface area contributed by atoms with Crippen LogP contribution < -0.4 is 4.89 Å². The van der Waals surface area contributed by atoms with Crippen molar-refractivity contribution < 1.29 is 28.0 Å². The fourth-order valence-corrected chi connectivity index (χ4v) is 1.13. The maximum Gasteiger partial charge on any atom is 0.267 e. The zero-order chi connectivity index (χ0) is 11.6. The fourth-order valence-electron chi connectivity index (χ4n) is 0.727. The molecule has 0 amide bonds. The minimum absolute atomic E-state index is 0.0393. The van der Waals surface area contributed by atoms with Gasteiger partial charge in [0.05, 0.1) is 26.4 Å². The van der Waals surface area contributed by atoms with Crippen molar-refractivity contribution in [3.05, 3.63) is 0 Å². The van der Waals surface area contributed by atoms with E-state index in [0.717, 1.165) is 13.5 Å². The van der Waals surface area contributed by atoms with Crippen molar-refractivity contribution in [2.45, 2.75) is 13.3 Å². The first-order valence-electron chi connectivity index (χ1n) is 4.79. The maximum atomic E-state index is 10.7. The van der Waals surface area contributed by atoms with Gasteiger partial charge in [0.25, 0.3) is 7.82 Å². The lowest BCUT2D eigenvalue weighted by molar-refractivity contribution is -0.223. The number of phosphoric acid groups is 1. The van der Waals surface area contributed by atoms with Gasteiger partial charge >= 0.3 is 0 Å². The molecule has 0 fully saturated rings. The largest absolute Gasteiger partial charge is 0.756 e. The molecule has 0 aliphatic heterocycles. The third-order valence-electron chi connectivity index (χ3n) is 1.42. The molecule has 0 aliphatic carbocycles. The Morgan fingerprint density at radius 3 is 2.13 bits per heavy atom. The van der Waals surface area contributed by atoms with Gasteiger partial charge in [-0.15, -0.1) is 0 Å². The van der Waals surface area contributed by atoms with Gasteiger partial charge in [-0.05, 0) is 6.42 Å². The summed E-state index contributed by atoms with van der Waals surface area (Å²) >= 11 is 0. The second kappa shape index (κ2) is 9.27. The molecule has 0 N–H and O–H groups in total. The van der Waals surface area contributed by atoms with Crippen LogP contribution in [0, 0.1) is 0 Å². The van der Waals surface area contributed by atoms with E-state index in [2.05, 4.69) is 9.05 Å². The van der Waals surface area contributed by atoms with Gasteiger partial charge in [-0.1, -0.05) is 6.92 Å². The SMILES string of the molecule is CCCOCCOCCOP(=O)([O-])OC. The van der Waals surface area contributed by atoms with E-state index < -0.39 is 7.82 Å². The number of rotatable bonds is 10. The second-order valence-electron chi connectivity index (χ2n) is 2.69. The van der Waals surface area contributed by atoms with E-state index in [4.69, 9.17) is 9.47 Å². The van der Waals surface area contributed by atoms with Crippen molar-refractivity contribution >= 4 is 7.82 Å². The van der Waals surface area contributed by atoms with Crippen LogP contribution in [0.15, 0.2) is 0 Å². The summed E-state index contributed by atoms with van der Waals surface area (Å²) in [6.07, 6.45) is 0.969. The highest BCUT2D eigenvalue weighted by molar-refractivity contribution is 7.45. The van der Waals surface area contributed by atoms with Crippen molar-refractivity contribution in [1.29, 1.82) is 0 Å². The van der Waals surface area contributed by atoms with Crippen LogP contribution in [0.3, 0.4) is 0 Å². The molecule has 0 saturated carbocycles. The van der Waals surface area contributed by atoms with E-state index in [1.165, 1.54) is 0 Å². The molecule has 0 rings (SSSR count). The van der Waals surface area contributed by atoms with E-state index in [9.17, 15) is 9.46 Å². The Labute approximate surface area is 90.1 Å². The Morgan fingerprint density at radius 1 is 1.07 bits per heavy atom. The van der Waals surface area contributed by atoms with E-state index in [-0.39, 0.29) is 13.2 Å². The molecule has 7 heteroatoms. The summed E-state index contributed by atoms with van der Waals surface area (Å²) in [6, 6.07) is 0. The predicted molar refractivity (Wildman–Crippen MR) is 52.5 cm³/mol. The molecule has 0 spiro atoms. The third-order valence-corrected chi connectivity index (χ3v) is 2.37. The zero-order valence-electron chi connectivity index (χ0n) is 9.14. The molecule has 6 nitrogen and oxygen atoms in total. The Hall–Kier alpha value is 0.0300. The van der Waals surface area contributed by atoms with Crippen LogP contribution in [0.1, 0.15) is 13.3 Å². The van der Waals surface area contributed by atoms with Crippen LogP contribution in [0.5, 0.6) is 0 Å². The summed E-state index contributed by atoms with van der Waals surface area (Å²) < 4.78 is 29.4. The molecule has 1 unspecified atom stereocenters. The lowest BCUT2D eigenvalue weighted by Gasteiger charge is -2.19. The van der Waals surface area contributed by atoms with Gasteiger partial charge in [-0.2, -0.15) is 0 Å². The molecule has 15 heavy (non-hydrogen) atoms. The molecule has 0 bridgehead atoms. The van der Waals surface area contributed by atoms with Gasteiger partial charge in [0.15, 0.2) is 0 Å². The molecule has 92 valence electrons. The quantitative estimate of drug-likeness (QED) is 0.411. The topological polar surface area (TPSA) is 77.1 Å². The summed E-state index contributed by atoms with van der Waals surface area (Å²) in [5.41, 5.74) is 0. The Kier molecular flexibility index (Phi) is 9.29. The van der Waals surface area contributed by atoms with Crippen molar-refractivity contribution in [1.82, 2.24) is 0 Å². The Balaban J connectivity index is 3.15. The first-order valence-corrected chi connectivity index (χ1v) is 6.25. The number of hydrogen-bond acceptors (Lipinski definition) is 6. The van der Waals surface area contributed by atoms with E-state index in [1.54, 1.807) is 0 Å². The lowest BCUT2D eigenvalue weighted by Crippen LogP contribution is -2.12. The molecule has 0 aromatic heterocycles. The van der Waals surface area contributed by atoms with Gasteiger partial charge in [-0.25, -0.2) is 0 Å². The highest BCUT2D eigenvalue weighted by atomic mass is 31.2. The van der Waals surface area contributed by atoms with Crippen LogP contribution in [0.25, 0.3) is 0 Å². The molecular weight excluding hydrogens is 223 g/mol. The summed E-state index contributed by atoms with van der Waals surface area (Å²) in [7, 11) is -3.05. The molecule has 0 radical (unpaired) electrons. The summed E-state index contributed by atoms with van der Waals surface area (Å²) in [6.45, 7) is 3.82. The van der Waals surface area contributed by atoms with E-state index in [0.29, 0.717) is 19.8 Å². The van der Waals surface area contributed by atoms with Gasteiger partial charge in [0, 0.05) is 13.7 Å². The van der Waals surface area contributed by atoms with Gasteiger partial charge in [0.2, 0.25) is 0 Å². The lowest BCUT2D eigenvalue weighted by atomic mass is 10.5. The zero-order valence-corrected chi connectivity index (χ0v) is 10.0. The van der Waals surface area contributed by atoms with E-state index in [1.807, 2.05) is 6.92 Å². The van der Waals surface area contributed by atoms with Crippen LogP contribution in [-0.2, 0) is 23.1 Å². The van der Waals surface area contributed by atoms with E-state index >= 15 is 0 Å². The molecule has 0 heterocycles. The first kappa shape index (κ1) is 15.0. The monoisotopic (exact) mass is 241 g/mol. The molecule has 0 aromatic rings. The minimum atomic E-state index is -4.10. The summed E-state index contributed by atoms with van der Waals surface area (Å²) in [5, 5.41) is 0. The molecule has 0 saturated heterocycles. The van der Waals surface area contributed by atoms with Crippen LogP contribution in [0.4, 0.5) is 0 Å². The van der Waals surface area contributed by atoms with Gasteiger partial charge in [-0.3, -0.25) is 4.57 Å². The molecule has 0 aromatic carbocycles. The normalized spacial score (nSPS) is 15.1. The molecule has 0 aliphatic rings. The fraction of sp³-hybridized carbons (Fsp3) is 1.00. The number of ether oxygens (including phenoxy) is 2. The first-order chi connectivity index (χ1) is 7.12. The van der Waals surface area contributed by atoms with Crippen LogP contribution >= 0.6 is 7.82 Å². The smallest absolute Gasteiger partial charge is 0.267 e. The number of hydrogen-bond donors (Lipinski definition) is 0. The Morgan fingerprint density at radius 2 is 1.60 bits per heavy atom. The van der Waals surface area contributed by atoms with Crippen LogP contribution in [-0.4, -0.2) is 40.1 Å². The highest BCUT2D eigenvalue weighted by Crippen LogP contribution is 2.36. The van der Waals surface area contributed by atoms with Crippen molar-refractivity contribution in [2.24, 2.45) is 0 Å². The summed E-state index contributed by atoms with van der Waals surface area (Å²) in [4.78, 5) is 10.7. The molecular formula is C8H18O6P-. The van der Waals surface area contributed by atoms with Crippen molar-refractivity contribution in [2.75, 3.05) is 40.1 Å². The van der Waals surface area contributed by atoms with Gasteiger partial charge in [0.1, 0.15) is 0 Å². The Bertz CT molecular complexity index is 186. The predicted octanol–water partition coefficient (Wildman–Crippen LogP) is 0.561. The summed E-state index contributed by atoms with van der Waals surface area (Å²) in [5.74, 6) is 0.